The van der Waals surface area contributed by atoms with E-state index in [1.54, 1.807) is 0 Å². The van der Waals surface area contributed by atoms with E-state index in [1.165, 1.54) is 12.8 Å². The van der Waals surface area contributed by atoms with Gasteiger partial charge in [0.2, 0.25) is 0 Å². The van der Waals surface area contributed by atoms with Crippen molar-refractivity contribution in [1.82, 2.24) is 14.5 Å². The number of hydrogen-bond donors (Lipinski definition) is 1. The van der Waals surface area contributed by atoms with Crippen LogP contribution in [0.1, 0.15) is 37.9 Å². The molecule has 1 aliphatic heterocycles. The minimum Gasteiger partial charge on any atom is -0.305 e. The number of imidazole rings is 1. The first-order chi connectivity index (χ1) is 9.22. The van der Waals surface area contributed by atoms with Crippen LogP contribution in [0, 0.1) is 6.92 Å². The first kappa shape index (κ1) is 12.5. The van der Waals surface area contributed by atoms with E-state index in [2.05, 4.69) is 29.8 Å². The number of piperidine rings is 1. The van der Waals surface area contributed by atoms with Gasteiger partial charge >= 0.3 is 5.69 Å². The van der Waals surface area contributed by atoms with E-state index >= 15 is 0 Å². The van der Waals surface area contributed by atoms with Gasteiger partial charge in [-0.2, -0.15) is 0 Å². The lowest BCUT2D eigenvalue weighted by atomic mass is 10.1. The molecule has 1 aromatic carbocycles. The van der Waals surface area contributed by atoms with Gasteiger partial charge in [-0.3, -0.25) is 9.47 Å². The monoisotopic (exact) mass is 259 g/mol. The van der Waals surface area contributed by atoms with Crippen molar-refractivity contribution in [2.45, 2.75) is 39.3 Å². The Morgan fingerprint density at radius 3 is 3.00 bits per heavy atom. The summed E-state index contributed by atoms with van der Waals surface area (Å²) in [7, 11) is 0. The van der Waals surface area contributed by atoms with Crippen molar-refractivity contribution in [1.29, 1.82) is 0 Å². The zero-order chi connectivity index (χ0) is 13.4. The Morgan fingerprint density at radius 2 is 2.21 bits per heavy atom. The fourth-order valence-corrected chi connectivity index (χ4v) is 3.28. The van der Waals surface area contributed by atoms with E-state index in [9.17, 15) is 4.79 Å². The maximum atomic E-state index is 12.3. The Kier molecular flexibility index (Phi) is 3.19. The fourth-order valence-electron chi connectivity index (χ4n) is 3.28. The molecule has 3 rings (SSSR count). The first-order valence-electron chi connectivity index (χ1n) is 7.16. The molecule has 1 atom stereocenters. The van der Waals surface area contributed by atoms with Gasteiger partial charge in [0.05, 0.1) is 17.2 Å². The van der Waals surface area contributed by atoms with E-state index in [-0.39, 0.29) is 11.9 Å². The maximum absolute atomic E-state index is 12.3. The molecule has 1 aliphatic rings. The van der Waals surface area contributed by atoms with Gasteiger partial charge in [0.25, 0.3) is 0 Å². The van der Waals surface area contributed by atoms with Crippen LogP contribution in [0.15, 0.2) is 23.0 Å². The molecule has 0 aliphatic carbocycles. The minimum atomic E-state index is 0.0228. The highest BCUT2D eigenvalue weighted by Crippen LogP contribution is 2.28. The highest BCUT2D eigenvalue weighted by atomic mass is 16.1. The molecule has 0 radical (unpaired) electrons. The first-order valence-corrected chi connectivity index (χ1v) is 7.16. The van der Waals surface area contributed by atoms with Gasteiger partial charge < -0.3 is 4.98 Å². The molecule has 0 amide bonds. The van der Waals surface area contributed by atoms with Crippen molar-refractivity contribution in [2.75, 3.05) is 13.1 Å². The number of likely N-dealkylation sites (tertiary alicyclic amines) is 1. The number of fused-ring (bicyclic) bond motifs is 1. The van der Waals surface area contributed by atoms with Gasteiger partial charge in [0.15, 0.2) is 0 Å². The lowest BCUT2D eigenvalue weighted by Crippen LogP contribution is -2.40. The summed E-state index contributed by atoms with van der Waals surface area (Å²) < 4.78 is 1.97. The Morgan fingerprint density at radius 1 is 1.37 bits per heavy atom. The van der Waals surface area contributed by atoms with Crippen molar-refractivity contribution in [3.05, 3.63) is 34.2 Å². The maximum Gasteiger partial charge on any atom is 0.327 e. The van der Waals surface area contributed by atoms with Crippen LogP contribution in [0.25, 0.3) is 11.0 Å². The number of aromatic nitrogens is 2. The number of para-hydroxylation sites is 1. The topological polar surface area (TPSA) is 41.0 Å². The molecule has 19 heavy (non-hydrogen) atoms. The molecule has 4 heteroatoms. The predicted molar refractivity (Wildman–Crippen MR) is 77.4 cm³/mol. The Bertz CT molecular complexity index is 640. The summed E-state index contributed by atoms with van der Waals surface area (Å²) >= 11 is 0. The number of nitrogens with zero attached hydrogens (tertiary/aromatic N) is 2. The molecule has 2 heterocycles. The second-order valence-electron chi connectivity index (χ2n) is 5.38. The summed E-state index contributed by atoms with van der Waals surface area (Å²) in [4.78, 5) is 17.7. The van der Waals surface area contributed by atoms with Crippen molar-refractivity contribution < 1.29 is 0 Å². The lowest BCUT2D eigenvalue weighted by molar-refractivity contribution is 0.103. The van der Waals surface area contributed by atoms with Crippen molar-refractivity contribution >= 4 is 11.0 Å². The number of aryl methyl sites for hydroxylation is 1. The molecular weight excluding hydrogens is 238 g/mol. The molecule has 4 nitrogen and oxygen atoms in total. The SMILES string of the molecule is CCN1CCCCC1n1c(=O)[nH]c2cccc(C)c21. The molecule has 0 saturated carbocycles. The van der Waals surface area contributed by atoms with Gasteiger partial charge in [-0.25, -0.2) is 4.79 Å². The zero-order valence-corrected chi connectivity index (χ0v) is 11.6. The Hall–Kier alpha value is -1.55. The molecule has 0 bridgehead atoms. The molecule has 1 unspecified atom stereocenters. The minimum absolute atomic E-state index is 0.0228. The van der Waals surface area contributed by atoms with Gasteiger partial charge in [0, 0.05) is 6.54 Å². The molecule has 1 N–H and O–H groups in total. The molecular formula is C15H21N3O. The number of hydrogen-bond acceptors (Lipinski definition) is 2. The summed E-state index contributed by atoms with van der Waals surface area (Å²) in [6, 6.07) is 6.06. The van der Waals surface area contributed by atoms with Crippen LogP contribution < -0.4 is 5.69 Å². The molecule has 1 saturated heterocycles. The van der Waals surface area contributed by atoms with E-state index in [0.29, 0.717) is 0 Å². The van der Waals surface area contributed by atoms with Gasteiger partial charge in [0.1, 0.15) is 0 Å². The molecule has 1 aromatic heterocycles. The average Bonchev–Trinajstić information content (AvgIpc) is 2.76. The summed E-state index contributed by atoms with van der Waals surface area (Å²) in [5.41, 5.74) is 3.21. The highest BCUT2D eigenvalue weighted by Gasteiger charge is 2.25. The van der Waals surface area contributed by atoms with Gasteiger partial charge in [-0.15, -0.1) is 0 Å². The van der Waals surface area contributed by atoms with Gasteiger partial charge in [-0.05, 0) is 44.4 Å². The third kappa shape index (κ3) is 2.00. The smallest absolute Gasteiger partial charge is 0.305 e. The zero-order valence-electron chi connectivity index (χ0n) is 11.6. The summed E-state index contributed by atoms with van der Waals surface area (Å²) in [5, 5.41) is 0. The van der Waals surface area contributed by atoms with Crippen LogP contribution in [0.2, 0.25) is 0 Å². The lowest BCUT2D eigenvalue weighted by Gasteiger charge is -2.35. The largest absolute Gasteiger partial charge is 0.327 e. The third-order valence-electron chi connectivity index (χ3n) is 4.22. The Labute approximate surface area is 113 Å². The van der Waals surface area contributed by atoms with E-state index in [1.807, 2.05) is 16.7 Å². The van der Waals surface area contributed by atoms with Crippen LogP contribution in [0.5, 0.6) is 0 Å². The van der Waals surface area contributed by atoms with Crippen molar-refractivity contribution in [3.8, 4) is 0 Å². The van der Waals surface area contributed by atoms with Crippen LogP contribution in [0.4, 0.5) is 0 Å². The van der Waals surface area contributed by atoms with Crippen LogP contribution >= 0.6 is 0 Å². The Balaban J connectivity index is 2.18. The highest BCUT2D eigenvalue weighted by molar-refractivity contribution is 5.78. The number of H-pyrrole nitrogens is 1. The van der Waals surface area contributed by atoms with E-state index in [0.717, 1.165) is 36.1 Å². The molecule has 102 valence electrons. The average molecular weight is 259 g/mol. The normalized spacial score (nSPS) is 21.1. The summed E-state index contributed by atoms with van der Waals surface area (Å²) in [6.45, 7) is 6.33. The predicted octanol–water partition coefficient (Wildman–Crippen LogP) is 2.64. The van der Waals surface area contributed by atoms with Crippen LogP contribution in [-0.4, -0.2) is 27.5 Å². The summed E-state index contributed by atoms with van der Waals surface area (Å²) in [6.07, 6.45) is 3.71. The second-order valence-corrected chi connectivity index (χ2v) is 5.38. The van der Waals surface area contributed by atoms with Crippen LogP contribution in [0.3, 0.4) is 0 Å². The van der Waals surface area contributed by atoms with E-state index < -0.39 is 0 Å². The van der Waals surface area contributed by atoms with Gasteiger partial charge in [-0.1, -0.05) is 19.1 Å². The summed E-state index contributed by atoms with van der Waals surface area (Å²) in [5.74, 6) is 0. The number of nitrogens with one attached hydrogen (secondary N) is 1. The molecule has 0 spiro atoms. The van der Waals surface area contributed by atoms with Crippen molar-refractivity contribution in [3.63, 3.8) is 0 Å². The van der Waals surface area contributed by atoms with Crippen LogP contribution in [-0.2, 0) is 0 Å². The van der Waals surface area contributed by atoms with E-state index in [4.69, 9.17) is 0 Å². The number of benzene rings is 1. The number of aromatic amines is 1. The van der Waals surface area contributed by atoms with Crippen molar-refractivity contribution in [2.24, 2.45) is 0 Å². The quantitative estimate of drug-likeness (QED) is 0.900. The standard InChI is InChI=1S/C15H21N3O/c1-3-17-10-5-4-9-13(17)18-14-11(2)7-6-8-12(14)16-15(18)19/h6-8,13H,3-5,9-10H2,1-2H3,(H,16,19). The molecule has 1 fully saturated rings. The number of rotatable bonds is 2. The third-order valence-corrected chi connectivity index (χ3v) is 4.22. The second kappa shape index (κ2) is 4.85. The molecule has 2 aromatic rings. The fraction of sp³-hybridized carbons (Fsp3) is 0.533.